The fraction of sp³-hybridized carbons (Fsp3) is 0.0909. The molecule has 0 aromatic heterocycles. The molecule has 2 rings (SSSR count). The van der Waals surface area contributed by atoms with Gasteiger partial charge in [0.1, 0.15) is 5.75 Å². The Morgan fingerprint density at radius 2 is 1.85 bits per heavy atom. The molecular formula is C11H10OS. The van der Waals surface area contributed by atoms with Crippen LogP contribution in [0.4, 0.5) is 0 Å². The number of fused-ring (bicyclic) bond motifs is 1. The molecule has 2 heteroatoms. The van der Waals surface area contributed by atoms with Crippen molar-refractivity contribution >= 4 is 23.4 Å². The van der Waals surface area contributed by atoms with E-state index in [1.165, 1.54) is 5.39 Å². The predicted octanol–water partition coefficient (Wildman–Crippen LogP) is 3.14. The molecule has 66 valence electrons. The maximum absolute atomic E-state index is 5.28. The lowest BCUT2D eigenvalue weighted by Crippen LogP contribution is -1.86. The normalized spacial score (nSPS) is 10.3. The van der Waals surface area contributed by atoms with Crippen molar-refractivity contribution in [2.75, 3.05) is 7.11 Å². The first-order valence-electron chi connectivity index (χ1n) is 4.07. The summed E-state index contributed by atoms with van der Waals surface area (Å²) in [5.41, 5.74) is 0. The van der Waals surface area contributed by atoms with E-state index in [1.54, 1.807) is 7.11 Å². The molecule has 2 aromatic carbocycles. The van der Waals surface area contributed by atoms with E-state index in [0.29, 0.717) is 0 Å². The third-order valence-electron chi connectivity index (χ3n) is 2.06. The van der Waals surface area contributed by atoms with Gasteiger partial charge >= 0.3 is 0 Å². The Balaban J connectivity index is 2.84. The molecule has 0 atom stereocenters. The molecule has 0 spiro atoms. The van der Waals surface area contributed by atoms with E-state index < -0.39 is 0 Å². The Bertz CT molecular complexity index is 437. The SMILES string of the molecule is COc1c(S)ccc2ccccc12. The zero-order valence-electron chi connectivity index (χ0n) is 7.32. The molecule has 0 amide bonds. The van der Waals surface area contributed by atoms with Gasteiger partial charge in [-0.15, -0.1) is 12.6 Å². The van der Waals surface area contributed by atoms with Crippen LogP contribution in [-0.4, -0.2) is 7.11 Å². The Hall–Kier alpha value is -1.15. The zero-order valence-corrected chi connectivity index (χ0v) is 8.21. The van der Waals surface area contributed by atoms with Gasteiger partial charge in [0, 0.05) is 10.3 Å². The molecule has 0 bridgehead atoms. The molecule has 0 aliphatic heterocycles. The average molecular weight is 190 g/mol. The Morgan fingerprint density at radius 3 is 2.62 bits per heavy atom. The van der Waals surface area contributed by atoms with Gasteiger partial charge in [-0.05, 0) is 11.5 Å². The van der Waals surface area contributed by atoms with Gasteiger partial charge in [-0.25, -0.2) is 0 Å². The highest BCUT2D eigenvalue weighted by molar-refractivity contribution is 7.80. The second kappa shape index (κ2) is 3.30. The quantitative estimate of drug-likeness (QED) is 0.680. The Labute approximate surface area is 82.7 Å². The maximum Gasteiger partial charge on any atom is 0.139 e. The molecule has 1 nitrogen and oxygen atoms in total. The smallest absolute Gasteiger partial charge is 0.139 e. The molecular weight excluding hydrogens is 180 g/mol. The van der Waals surface area contributed by atoms with Gasteiger partial charge in [-0.2, -0.15) is 0 Å². The van der Waals surface area contributed by atoms with Crippen molar-refractivity contribution in [1.29, 1.82) is 0 Å². The first-order valence-corrected chi connectivity index (χ1v) is 4.52. The van der Waals surface area contributed by atoms with Crippen LogP contribution >= 0.6 is 12.6 Å². The molecule has 0 aliphatic rings. The van der Waals surface area contributed by atoms with Crippen LogP contribution in [0, 0.1) is 0 Å². The molecule has 0 fully saturated rings. The fourth-order valence-electron chi connectivity index (χ4n) is 1.45. The number of ether oxygens (including phenoxy) is 1. The first kappa shape index (κ1) is 8.45. The van der Waals surface area contributed by atoms with E-state index in [2.05, 4.69) is 18.7 Å². The molecule has 0 saturated heterocycles. The van der Waals surface area contributed by atoms with Crippen molar-refractivity contribution in [2.24, 2.45) is 0 Å². The van der Waals surface area contributed by atoms with E-state index in [0.717, 1.165) is 16.0 Å². The third-order valence-corrected chi connectivity index (χ3v) is 2.42. The Kier molecular flexibility index (Phi) is 2.15. The highest BCUT2D eigenvalue weighted by Gasteiger charge is 2.03. The minimum atomic E-state index is 0.849. The van der Waals surface area contributed by atoms with Crippen LogP contribution < -0.4 is 4.74 Å². The number of thiol groups is 1. The topological polar surface area (TPSA) is 9.23 Å². The maximum atomic E-state index is 5.28. The van der Waals surface area contributed by atoms with Crippen molar-refractivity contribution in [2.45, 2.75) is 4.90 Å². The number of methoxy groups -OCH3 is 1. The van der Waals surface area contributed by atoms with E-state index in [9.17, 15) is 0 Å². The molecule has 0 heterocycles. The van der Waals surface area contributed by atoms with Crippen molar-refractivity contribution in [3.05, 3.63) is 36.4 Å². The van der Waals surface area contributed by atoms with Crippen molar-refractivity contribution in [3.8, 4) is 5.75 Å². The van der Waals surface area contributed by atoms with Gasteiger partial charge < -0.3 is 4.74 Å². The largest absolute Gasteiger partial charge is 0.495 e. The van der Waals surface area contributed by atoms with E-state index >= 15 is 0 Å². The van der Waals surface area contributed by atoms with Crippen LogP contribution in [0.3, 0.4) is 0 Å². The summed E-state index contributed by atoms with van der Waals surface area (Å²) in [7, 11) is 1.67. The molecule has 0 unspecified atom stereocenters. The minimum absolute atomic E-state index is 0.849. The Morgan fingerprint density at radius 1 is 1.08 bits per heavy atom. The van der Waals surface area contributed by atoms with E-state index in [4.69, 9.17) is 4.74 Å². The van der Waals surface area contributed by atoms with Crippen molar-refractivity contribution < 1.29 is 4.74 Å². The van der Waals surface area contributed by atoms with E-state index in [-0.39, 0.29) is 0 Å². The highest BCUT2D eigenvalue weighted by Crippen LogP contribution is 2.31. The van der Waals surface area contributed by atoms with Gasteiger partial charge in [0.2, 0.25) is 0 Å². The predicted molar refractivity (Wildman–Crippen MR) is 57.8 cm³/mol. The zero-order chi connectivity index (χ0) is 9.26. The van der Waals surface area contributed by atoms with E-state index in [1.807, 2.05) is 30.3 Å². The van der Waals surface area contributed by atoms with Gasteiger partial charge in [0.15, 0.2) is 0 Å². The molecule has 0 saturated carbocycles. The summed E-state index contributed by atoms with van der Waals surface area (Å²) in [6.45, 7) is 0. The monoisotopic (exact) mass is 190 g/mol. The summed E-state index contributed by atoms with van der Waals surface area (Å²) in [5.74, 6) is 0.849. The lowest BCUT2D eigenvalue weighted by atomic mass is 10.1. The summed E-state index contributed by atoms with van der Waals surface area (Å²) < 4.78 is 5.28. The summed E-state index contributed by atoms with van der Waals surface area (Å²) in [4.78, 5) is 0.876. The first-order chi connectivity index (χ1) is 6.33. The lowest BCUT2D eigenvalue weighted by molar-refractivity contribution is 0.410. The van der Waals surface area contributed by atoms with Crippen LogP contribution in [0.25, 0.3) is 10.8 Å². The number of benzene rings is 2. The van der Waals surface area contributed by atoms with Gasteiger partial charge in [-0.3, -0.25) is 0 Å². The summed E-state index contributed by atoms with van der Waals surface area (Å²) in [6.07, 6.45) is 0. The highest BCUT2D eigenvalue weighted by atomic mass is 32.1. The lowest BCUT2D eigenvalue weighted by Gasteiger charge is -2.07. The van der Waals surface area contributed by atoms with Crippen molar-refractivity contribution in [3.63, 3.8) is 0 Å². The van der Waals surface area contributed by atoms with Gasteiger partial charge in [0.05, 0.1) is 7.11 Å². The molecule has 0 aliphatic carbocycles. The molecule has 0 N–H and O–H groups in total. The van der Waals surface area contributed by atoms with Gasteiger partial charge in [0.25, 0.3) is 0 Å². The number of rotatable bonds is 1. The van der Waals surface area contributed by atoms with Crippen LogP contribution in [0.1, 0.15) is 0 Å². The summed E-state index contributed by atoms with van der Waals surface area (Å²) in [6, 6.07) is 12.1. The fourth-order valence-corrected chi connectivity index (χ4v) is 1.73. The van der Waals surface area contributed by atoms with Crippen LogP contribution in [0.15, 0.2) is 41.3 Å². The minimum Gasteiger partial charge on any atom is -0.495 e. The second-order valence-electron chi connectivity index (χ2n) is 2.84. The van der Waals surface area contributed by atoms with Crippen molar-refractivity contribution in [1.82, 2.24) is 0 Å². The number of hydrogen-bond acceptors (Lipinski definition) is 2. The van der Waals surface area contributed by atoms with Crippen LogP contribution in [0.2, 0.25) is 0 Å². The molecule has 2 aromatic rings. The summed E-state index contributed by atoms with van der Waals surface area (Å²) >= 11 is 4.33. The molecule has 0 radical (unpaired) electrons. The average Bonchev–Trinajstić information content (AvgIpc) is 2.18. The standard InChI is InChI=1S/C11H10OS/c1-12-11-9-5-3-2-4-8(9)6-7-10(11)13/h2-7,13H,1H3. The second-order valence-corrected chi connectivity index (χ2v) is 3.32. The molecule has 13 heavy (non-hydrogen) atoms. The van der Waals surface area contributed by atoms with Gasteiger partial charge in [-0.1, -0.05) is 30.3 Å². The third kappa shape index (κ3) is 1.38. The summed E-state index contributed by atoms with van der Waals surface area (Å²) in [5, 5.41) is 2.29. The van der Waals surface area contributed by atoms with Crippen LogP contribution in [0.5, 0.6) is 5.75 Å². The number of hydrogen-bond donors (Lipinski definition) is 1. The van der Waals surface area contributed by atoms with Crippen LogP contribution in [-0.2, 0) is 0 Å².